The molecule has 4 aromatic rings. The second-order valence-electron chi connectivity index (χ2n) is 9.99. The molecule has 1 aliphatic rings. The number of piperidine rings is 1. The van der Waals surface area contributed by atoms with Crippen LogP contribution in [0.2, 0.25) is 5.02 Å². The minimum atomic E-state index is -1.07. The highest BCUT2D eigenvalue weighted by atomic mass is 35.5. The smallest absolute Gasteiger partial charge is 0.311 e. The lowest BCUT2D eigenvalue weighted by Crippen LogP contribution is -2.47. The first kappa shape index (κ1) is 28.4. The number of H-pyrrole nitrogens is 1. The van der Waals surface area contributed by atoms with Crippen molar-refractivity contribution in [1.82, 2.24) is 25.4 Å². The summed E-state index contributed by atoms with van der Waals surface area (Å²) in [5.74, 6) is -3.18. The van der Waals surface area contributed by atoms with Crippen LogP contribution in [-0.4, -0.2) is 45.0 Å². The fraction of sp³-hybridized carbons (Fsp3) is 0.267. The average molecular weight is 582 g/mol. The van der Waals surface area contributed by atoms with Crippen molar-refractivity contribution >= 4 is 23.4 Å². The molecule has 5 rings (SSSR count). The molecule has 0 saturated carbocycles. The highest BCUT2D eigenvalue weighted by molar-refractivity contribution is 6.35. The Bertz CT molecular complexity index is 1550. The summed E-state index contributed by atoms with van der Waals surface area (Å²) in [5, 5.41) is 9.91. The minimum Gasteiger partial charge on any atom is -0.341 e. The molecule has 3 aromatic carbocycles. The number of carbonyl (C=O) groups excluding carboxylic acids is 2. The largest absolute Gasteiger partial charge is 0.341 e. The van der Waals surface area contributed by atoms with Crippen LogP contribution in [0.4, 0.5) is 13.2 Å². The minimum absolute atomic E-state index is 0.0478. The molecule has 2 heterocycles. The van der Waals surface area contributed by atoms with Crippen molar-refractivity contribution in [1.29, 1.82) is 0 Å². The van der Waals surface area contributed by atoms with Crippen LogP contribution in [0.5, 0.6) is 0 Å². The first-order valence-electron chi connectivity index (χ1n) is 13.2. The number of likely N-dealkylation sites (tertiary alicyclic amines) is 1. The van der Waals surface area contributed by atoms with E-state index in [1.165, 1.54) is 23.1 Å². The van der Waals surface area contributed by atoms with Crippen molar-refractivity contribution in [2.45, 2.75) is 37.6 Å². The third-order valence-corrected chi connectivity index (χ3v) is 7.47. The monoisotopic (exact) mass is 581 g/mol. The van der Waals surface area contributed by atoms with E-state index in [0.717, 1.165) is 24.1 Å². The molecular formula is C30H27ClF3N5O2. The third-order valence-electron chi connectivity index (χ3n) is 7.18. The van der Waals surface area contributed by atoms with E-state index in [1.807, 2.05) is 30.3 Å². The fourth-order valence-corrected chi connectivity index (χ4v) is 5.18. The number of aromatic amines is 1. The van der Waals surface area contributed by atoms with Crippen molar-refractivity contribution in [3.05, 3.63) is 106 Å². The molecule has 1 saturated heterocycles. The van der Waals surface area contributed by atoms with Crippen LogP contribution < -0.4 is 5.32 Å². The molecule has 2 amide bonds. The Balaban J connectivity index is 1.28. The molecule has 41 heavy (non-hydrogen) atoms. The van der Waals surface area contributed by atoms with Crippen molar-refractivity contribution < 1.29 is 22.8 Å². The van der Waals surface area contributed by atoms with Gasteiger partial charge in [0.2, 0.25) is 0 Å². The molecule has 0 spiro atoms. The number of rotatable bonds is 7. The van der Waals surface area contributed by atoms with Gasteiger partial charge in [0.05, 0.1) is 11.1 Å². The Morgan fingerprint density at radius 2 is 1.80 bits per heavy atom. The highest BCUT2D eigenvalue weighted by Crippen LogP contribution is 2.27. The molecule has 2 N–H and O–H groups in total. The molecule has 7 nitrogen and oxygen atoms in total. The number of aromatic nitrogens is 3. The van der Waals surface area contributed by atoms with Gasteiger partial charge in [0.15, 0.2) is 17.5 Å². The number of hydrogen-bond donors (Lipinski definition) is 2. The normalized spacial score (nSPS) is 15.9. The van der Waals surface area contributed by atoms with Gasteiger partial charge in [0, 0.05) is 24.6 Å². The van der Waals surface area contributed by atoms with Crippen molar-refractivity contribution in [3.63, 3.8) is 0 Å². The van der Waals surface area contributed by atoms with Crippen LogP contribution in [0.1, 0.15) is 48.2 Å². The standard InChI is InChI=1S/C30H27ClF3N5O2/c31-22-15-18(8-11-23(22)32)9-13-26(20-10-12-24(33)25(34)16-20)35-29(40)30(41)39-14-4-7-21(17-39)28-36-27(37-38-28)19-5-2-1-3-6-19/h1-3,5-6,8,10-12,15-16,21,26H,4,7,9,13-14,17H2,(H,35,40)(H,36,37,38). The SMILES string of the molecule is O=C(NC(CCc1ccc(F)c(Cl)c1)c1ccc(F)c(F)c1)C(=O)N1CCCC(c2nc(-c3ccccc3)n[nH]2)C1. The summed E-state index contributed by atoms with van der Waals surface area (Å²) in [6.45, 7) is 0.673. The van der Waals surface area contributed by atoms with Crippen molar-refractivity contribution in [3.8, 4) is 11.4 Å². The van der Waals surface area contributed by atoms with Crippen LogP contribution in [0.3, 0.4) is 0 Å². The van der Waals surface area contributed by atoms with E-state index >= 15 is 0 Å². The topological polar surface area (TPSA) is 91.0 Å². The van der Waals surface area contributed by atoms with Gasteiger partial charge >= 0.3 is 11.8 Å². The summed E-state index contributed by atoms with van der Waals surface area (Å²) in [4.78, 5) is 32.4. The zero-order valence-electron chi connectivity index (χ0n) is 21.9. The maximum Gasteiger partial charge on any atom is 0.311 e. The van der Waals surface area contributed by atoms with Crippen molar-refractivity contribution in [2.24, 2.45) is 0 Å². The lowest BCUT2D eigenvalue weighted by atomic mass is 9.97. The van der Waals surface area contributed by atoms with Crippen molar-refractivity contribution in [2.75, 3.05) is 13.1 Å². The zero-order chi connectivity index (χ0) is 28.9. The lowest BCUT2D eigenvalue weighted by molar-refractivity contribution is -0.147. The molecule has 2 unspecified atom stereocenters. The van der Waals surface area contributed by atoms with Gasteiger partial charge in [-0.25, -0.2) is 18.2 Å². The summed E-state index contributed by atoms with van der Waals surface area (Å²) < 4.78 is 41.3. The van der Waals surface area contributed by atoms with Gasteiger partial charge in [-0.15, -0.1) is 0 Å². The molecule has 0 bridgehead atoms. The number of hydrogen-bond acceptors (Lipinski definition) is 4. The predicted molar refractivity (Wildman–Crippen MR) is 147 cm³/mol. The third kappa shape index (κ3) is 6.77. The Hall–Kier alpha value is -4.18. The van der Waals surface area contributed by atoms with Gasteiger partial charge in [0.25, 0.3) is 0 Å². The Morgan fingerprint density at radius 3 is 2.56 bits per heavy atom. The molecule has 212 valence electrons. The molecular weight excluding hydrogens is 555 g/mol. The molecule has 0 radical (unpaired) electrons. The fourth-order valence-electron chi connectivity index (χ4n) is 4.98. The second-order valence-corrected chi connectivity index (χ2v) is 10.4. The van der Waals surface area contributed by atoms with E-state index in [1.54, 1.807) is 6.07 Å². The number of carbonyl (C=O) groups is 2. The summed E-state index contributed by atoms with van der Waals surface area (Å²) in [5.41, 5.74) is 1.85. The molecule has 2 atom stereocenters. The predicted octanol–water partition coefficient (Wildman–Crippen LogP) is 5.74. The number of nitrogens with zero attached hydrogens (tertiary/aromatic N) is 3. The van der Waals surface area contributed by atoms with Crippen LogP contribution in [-0.2, 0) is 16.0 Å². The maximum atomic E-state index is 14.1. The van der Waals surface area contributed by atoms with E-state index in [4.69, 9.17) is 11.6 Å². The maximum absolute atomic E-state index is 14.1. The first-order chi connectivity index (χ1) is 19.8. The average Bonchev–Trinajstić information content (AvgIpc) is 3.49. The number of aryl methyl sites for hydroxylation is 1. The van der Waals surface area contributed by atoms with Gasteiger partial charge in [-0.05, 0) is 61.1 Å². The first-order valence-corrected chi connectivity index (χ1v) is 13.6. The summed E-state index contributed by atoms with van der Waals surface area (Å²) in [6, 6.07) is 16.3. The van der Waals surface area contributed by atoms with Gasteiger partial charge in [-0.3, -0.25) is 14.7 Å². The molecule has 1 aromatic heterocycles. The molecule has 1 aliphatic heterocycles. The van der Waals surface area contributed by atoms with E-state index in [9.17, 15) is 22.8 Å². The van der Waals surface area contributed by atoms with Gasteiger partial charge < -0.3 is 10.2 Å². The number of nitrogens with one attached hydrogen (secondary N) is 2. The second kappa shape index (κ2) is 12.6. The van der Waals surface area contributed by atoms with E-state index < -0.39 is 35.3 Å². The lowest BCUT2D eigenvalue weighted by Gasteiger charge is -2.31. The van der Waals surface area contributed by atoms with E-state index in [-0.39, 0.29) is 23.9 Å². The summed E-state index contributed by atoms with van der Waals surface area (Å²) >= 11 is 5.89. The highest BCUT2D eigenvalue weighted by Gasteiger charge is 2.31. The van der Waals surface area contributed by atoms with Gasteiger partial charge in [-0.2, -0.15) is 5.10 Å². The molecule has 11 heteroatoms. The Kier molecular flexibility index (Phi) is 8.68. The van der Waals surface area contributed by atoms with E-state index in [2.05, 4.69) is 20.5 Å². The zero-order valence-corrected chi connectivity index (χ0v) is 22.7. The summed E-state index contributed by atoms with van der Waals surface area (Å²) in [6.07, 6.45) is 2.00. The van der Waals surface area contributed by atoms with Crippen LogP contribution in [0.15, 0.2) is 66.7 Å². The summed E-state index contributed by atoms with van der Waals surface area (Å²) in [7, 11) is 0. The molecule has 0 aliphatic carbocycles. The Morgan fingerprint density at radius 1 is 1.02 bits per heavy atom. The van der Waals surface area contributed by atoms with Gasteiger partial charge in [-0.1, -0.05) is 54.1 Å². The quantitative estimate of drug-likeness (QED) is 0.272. The number of benzene rings is 3. The molecule has 1 fully saturated rings. The Labute approximate surface area is 239 Å². The van der Waals surface area contributed by atoms with Crippen LogP contribution in [0, 0.1) is 17.5 Å². The van der Waals surface area contributed by atoms with Crippen LogP contribution in [0.25, 0.3) is 11.4 Å². The van der Waals surface area contributed by atoms with Gasteiger partial charge in [0.1, 0.15) is 11.6 Å². The van der Waals surface area contributed by atoms with E-state index in [0.29, 0.717) is 42.2 Å². The number of halogens is 4. The van der Waals surface area contributed by atoms with Crippen LogP contribution >= 0.6 is 11.6 Å². The number of amides is 2.